The molecule has 3 fully saturated rings. The number of amides is 3. The smallest absolute Gasteiger partial charge is 0.453 e. The third-order valence-corrected chi connectivity index (χ3v) is 14.4. The predicted molar refractivity (Wildman–Crippen MR) is 258 cm³/mol. The Bertz CT molecular complexity index is 2490. The molecule has 0 saturated carbocycles. The molecule has 358 valence electrons. The second-order valence-electron chi connectivity index (χ2n) is 20.4. The van der Waals surface area contributed by atoms with Crippen LogP contribution in [0, 0.1) is 25.7 Å². The van der Waals surface area contributed by atoms with Crippen molar-refractivity contribution in [2.24, 2.45) is 11.8 Å². The SMILES string of the molecule is COC(=O)NC(C(=O)N1CCC[C@H]1c1nc2c(C)c([C@H]3CC[C@H](c4ccc5[nH]c([C@@H]6CCCN6C(=O)C(OC(=O)OC)C(C)C)nc5c4C)N3c3ccc(C(C)(C)C)cc3)ccc2[nH]1)C(C)C. The Morgan fingerprint density at radius 1 is 0.672 bits per heavy atom. The number of nitrogens with zero attached hydrogens (tertiary/aromatic N) is 5. The summed E-state index contributed by atoms with van der Waals surface area (Å²) in [5.41, 5.74) is 10.6. The third kappa shape index (κ3) is 9.05. The van der Waals surface area contributed by atoms with Gasteiger partial charge in [-0.3, -0.25) is 9.59 Å². The molecule has 15 nitrogen and oxygen atoms in total. The lowest BCUT2D eigenvalue weighted by atomic mass is 9.87. The van der Waals surface area contributed by atoms with Crippen molar-refractivity contribution in [3.05, 3.63) is 88.0 Å². The van der Waals surface area contributed by atoms with Gasteiger partial charge in [-0.05, 0) is 122 Å². The van der Waals surface area contributed by atoms with Crippen molar-refractivity contribution in [3.63, 3.8) is 0 Å². The molecule has 0 aliphatic carbocycles. The molecule has 6 atom stereocenters. The van der Waals surface area contributed by atoms with Crippen molar-refractivity contribution in [1.29, 1.82) is 0 Å². The van der Waals surface area contributed by atoms with Gasteiger partial charge in [-0.2, -0.15) is 0 Å². The number of alkyl carbamates (subject to hydrolysis) is 1. The van der Waals surface area contributed by atoms with Crippen LogP contribution < -0.4 is 10.2 Å². The maximum Gasteiger partial charge on any atom is 0.508 e. The molecular weight excluding hydrogens is 849 g/mol. The van der Waals surface area contributed by atoms with E-state index in [1.54, 1.807) is 4.90 Å². The van der Waals surface area contributed by atoms with Crippen LogP contribution in [-0.2, 0) is 29.2 Å². The lowest BCUT2D eigenvalue weighted by Gasteiger charge is -2.35. The van der Waals surface area contributed by atoms with Gasteiger partial charge in [0.2, 0.25) is 5.91 Å². The van der Waals surface area contributed by atoms with Crippen LogP contribution in [0.4, 0.5) is 15.3 Å². The number of benzene rings is 3. The number of ether oxygens (including phenoxy) is 3. The molecule has 3 N–H and O–H groups in total. The van der Waals surface area contributed by atoms with Crippen molar-refractivity contribution >= 4 is 51.8 Å². The van der Waals surface area contributed by atoms with Crippen LogP contribution in [0.3, 0.4) is 0 Å². The fraction of sp³-hybridized carbons (Fsp3) is 0.538. The number of carbonyl (C=O) groups is 4. The van der Waals surface area contributed by atoms with Gasteiger partial charge in [-0.15, -0.1) is 0 Å². The summed E-state index contributed by atoms with van der Waals surface area (Å²) in [5, 5.41) is 2.75. The first-order chi connectivity index (χ1) is 31.9. The number of fused-ring (bicyclic) bond motifs is 2. The summed E-state index contributed by atoms with van der Waals surface area (Å²) >= 11 is 0. The second-order valence-corrected chi connectivity index (χ2v) is 20.4. The Morgan fingerprint density at radius 3 is 1.63 bits per heavy atom. The molecule has 0 radical (unpaired) electrons. The Labute approximate surface area is 393 Å². The van der Waals surface area contributed by atoms with Crippen LogP contribution in [-0.4, -0.2) is 93.3 Å². The molecule has 3 aliphatic rings. The van der Waals surface area contributed by atoms with Gasteiger partial charge in [0.05, 0.1) is 60.5 Å². The number of likely N-dealkylation sites (tertiary alicyclic amines) is 2. The summed E-state index contributed by atoms with van der Waals surface area (Å²) < 4.78 is 15.0. The standard InChI is InChI=1S/C52H68N8O7/c1-28(2)42(57-50(63)65-10)48(61)58-26-12-14-40(58)46-53-36-22-20-34(30(5)43(36)55-46)38-24-25-39(60(38)33-18-16-32(17-19-33)52(7,8)9)35-21-23-37-44(31(35)6)56-47(54-37)41-15-13-27-59(41)49(62)45(29(3)4)67-51(64)66-11/h16-23,28-29,38-42,45H,12-15,24-27H2,1-11H3,(H,53,55)(H,54,56)(H,57,63)/t38-,39-,40+,41+,42?,45?/m1/s1. The summed E-state index contributed by atoms with van der Waals surface area (Å²) in [4.78, 5) is 76.1. The highest BCUT2D eigenvalue weighted by Gasteiger charge is 2.42. The van der Waals surface area contributed by atoms with E-state index < -0.39 is 24.4 Å². The van der Waals surface area contributed by atoms with Crippen molar-refractivity contribution in [1.82, 2.24) is 35.1 Å². The summed E-state index contributed by atoms with van der Waals surface area (Å²) in [7, 11) is 2.55. The van der Waals surface area contributed by atoms with E-state index in [-0.39, 0.29) is 53.2 Å². The monoisotopic (exact) mass is 917 g/mol. The number of aromatic nitrogens is 4. The largest absolute Gasteiger partial charge is 0.508 e. The van der Waals surface area contributed by atoms with Crippen molar-refractivity contribution in [2.45, 2.75) is 143 Å². The van der Waals surface area contributed by atoms with Gasteiger partial charge >= 0.3 is 12.2 Å². The number of rotatable bonds is 11. The zero-order chi connectivity index (χ0) is 48.1. The molecule has 15 heteroatoms. The van der Waals surface area contributed by atoms with E-state index in [1.165, 1.54) is 30.9 Å². The molecular formula is C52H68N8O7. The van der Waals surface area contributed by atoms with E-state index >= 15 is 0 Å². The summed E-state index contributed by atoms with van der Waals surface area (Å²) in [6.45, 7) is 19.7. The molecule has 3 saturated heterocycles. The normalized spacial score (nSPS) is 20.9. The van der Waals surface area contributed by atoms with E-state index in [0.717, 1.165) is 89.1 Å². The zero-order valence-electron chi connectivity index (χ0n) is 41.0. The number of H-pyrrole nitrogens is 2. The topological polar surface area (TPSA) is 175 Å². The molecule has 0 bridgehead atoms. The van der Waals surface area contributed by atoms with E-state index in [0.29, 0.717) is 13.1 Å². The van der Waals surface area contributed by atoms with Gasteiger partial charge in [-0.25, -0.2) is 19.6 Å². The zero-order valence-corrected chi connectivity index (χ0v) is 41.0. The number of aromatic amines is 2. The van der Waals surface area contributed by atoms with Gasteiger partial charge < -0.3 is 44.2 Å². The summed E-state index contributed by atoms with van der Waals surface area (Å²) in [6, 6.07) is 16.6. The van der Waals surface area contributed by atoms with Gasteiger partial charge in [0.15, 0.2) is 6.10 Å². The lowest BCUT2D eigenvalue weighted by molar-refractivity contribution is -0.145. The summed E-state index contributed by atoms with van der Waals surface area (Å²) in [6.07, 6.45) is 2.53. The minimum atomic E-state index is -0.960. The Hall–Kier alpha value is -6.12. The number of hydrogen-bond acceptors (Lipinski definition) is 10. The van der Waals surface area contributed by atoms with E-state index in [4.69, 9.17) is 24.2 Å². The maximum absolute atomic E-state index is 14.0. The number of methoxy groups -OCH3 is 2. The summed E-state index contributed by atoms with van der Waals surface area (Å²) in [5.74, 6) is 0.737. The molecule has 3 aromatic carbocycles. The van der Waals surface area contributed by atoms with E-state index in [9.17, 15) is 19.2 Å². The Balaban J connectivity index is 1.12. The molecule has 2 aromatic heterocycles. The molecule has 5 heterocycles. The fourth-order valence-corrected chi connectivity index (χ4v) is 10.7. The first-order valence-corrected chi connectivity index (χ1v) is 24.0. The van der Waals surface area contributed by atoms with Crippen molar-refractivity contribution < 1.29 is 33.4 Å². The number of nitrogens with one attached hydrogen (secondary N) is 3. The highest BCUT2D eigenvalue weighted by atomic mass is 16.7. The number of hydrogen-bond donors (Lipinski definition) is 3. The minimum absolute atomic E-state index is 0.00242. The molecule has 3 amide bonds. The van der Waals surface area contributed by atoms with E-state index in [1.807, 2.05) is 32.6 Å². The molecule has 5 aromatic rings. The number of imidazole rings is 2. The molecule has 2 unspecified atom stereocenters. The van der Waals surface area contributed by atoms with Gasteiger partial charge in [0.25, 0.3) is 5.91 Å². The minimum Gasteiger partial charge on any atom is -0.453 e. The fourth-order valence-electron chi connectivity index (χ4n) is 10.7. The predicted octanol–water partition coefficient (Wildman–Crippen LogP) is 9.95. The van der Waals surface area contributed by atoms with Gasteiger partial charge in [0.1, 0.15) is 17.7 Å². The lowest BCUT2D eigenvalue weighted by Crippen LogP contribution is -2.51. The van der Waals surface area contributed by atoms with Gasteiger partial charge in [0, 0.05) is 18.8 Å². The quantitative estimate of drug-likeness (QED) is 0.108. The van der Waals surface area contributed by atoms with E-state index in [2.05, 4.69) is 103 Å². The number of carbonyl (C=O) groups excluding carboxylic acids is 4. The van der Waals surface area contributed by atoms with Crippen molar-refractivity contribution in [3.8, 4) is 0 Å². The third-order valence-electron chi connectivity index (χ3n) is 14.4. The molecule has 67 heavy (non-hydrogen) atoms. The second kappa shape index (κ2) is 18.9. The first-order valence-electron chi connectivity index (χ1n) is 24.0. The average molecular weight is 917 g/mol. The first kappa shape index (κ1) is 47.4. The average Bonchev–Trinajstić information content (AvgIpc) is 4.15. The number of anilines is 1. The maximum atomic E-state index is 14.0. The van der Waals surface area contributed by atoms with Crippen LogP contribution in [0.5, 0.6) is 0 Å². The number of aryl methyl sites for hydroxylation is 2. The Kier molecular flexibility index (Phi) is 13.3. The van der Waals surface area contributed by atoms with Crippen LogP contribution in [0.25, 0.3) is 22.1 Å². The van der Waals surface area contributed by atoms with Crippen LogP contribution in [0.15, 0.2) is 48.5 Å². The highest BCUT2D eigenvalue weighted by molar-refractivity contribution is 5.87. The highest BCUT2D eigenvalue weighted by Crippen LogP contribution is 2.50. The van der Waals surface area contributed by atoms with Crippen LogP contribution in [0.2, 0.25) is 0 Å². The van der Waals surface area contributed by atoms with Gasteiger partial charge in [-0.1, -0.05) is 72.7 Å². The molecule has 3 aliphatic heterocycles. The molecule has 0 spiro atoms. The van der Waals surface area contributed by atoms with Crippen LogP contribution >= 0.6 is 0 Å². The van der Waals surface area contributed by atoms with Crippen molar-refractivity contribution in [2.75, 3.05) is 32.2 Å². The van der Waals surface area contributed by atoms with Crippen LogP contribution in [0.1, 0.15) is 151 Å². The Morgan fingerprint density at radius 2 is 1.18 bits per heavy atom. The molecule has 8 rings (SSSR count).